The van der Waals surface area contributed by atoms with Crippen molar-refractivity contribution in [1.29, 1.82) is 0 Å². The summed E-state index contributed by atoms with van der Waals surface area (Å²) in [6.07, 6.45) is 9.93. The first-order chi connectivity index (χ1) is 16.0. The molecule has 1 atom stereocenters. The predicted molar refractivity (Wildman–Crippen MR) is 134 cm³/mol. The fourth-order valence-corrected chi connectivity index (χ4v) is 5.52. The number of aromatic nitrogens is 1. The number of hydrogen-bond acceptors (Lipinski definition) is 5. The molecule has 0 saturated carbocycles. The molecule has 190 valence electrons. The number of pyridine rings is 1. The molecular formula is C27H43N3O4. The summed E-state index contributed by atoms with van der Waals surface area (Å²) in [5, 5.41) is 15.8. The zero-order valence-electron chi connectivity index (χ0n) is 21.4. The number of rotatable bonds is 11. The van der Waals surface area contributed by atoms with Crippen LogP contribution in [0, 0.1) is 5.92 Å². The van der Waals surface area contributed by atoms with Gasteiger partial charge in [0.1, 0.15) is 11.9 Å². The number of carbonyl (C=O) groups is 2. The third-order valence-corrected chi connectivity index (χ3v) is 6.89. The summed E-state index contributed by atoms with van der Waals surface area (Å²) in [6, 6.07) is 3.52. The smallest absolute Gasteiger partial charge is 0.326 e. The minimum atomic E-state index is -0.953. The molecule has 0 aliphatic carbocycles. The van der Waals surface area contributed by atoms with Gasteiger partial charge < -0.3 is 20.5 Å². The molecule has 7 heteroatoms. The van der Waals surface area contributed by atoms with Crippen LogP contribution in [-0.4, -0.2) is 45.8 Å². The van der Waals surface area contributed by atoms with Crippen LogP contribution in [0.1, 0.15) is 96.7 Å². The van der Waals surface area contributed by atoms with Crippen molar-refractivity contribution in [2.75, 3.05) is 11.9 Å². The van der Waals surface area contributed by atoms with E-state index in [1.54, 1.807) is 0 Å². The Kier molecular flexibility index (Phi) is 8.96. The van der Waals surface area contributed by atoms with Crippen LogP contribution in [0.4, 0.5) is 5.82 Å². The normalized spacial score (nSPS) is 20.1. The molecule has 0 radical (unpaired) electrons. The number of fused-ring (bicyclic) bond motifs is 1. The van der Waals surface area contributed by atoms with Gasteiger partial charge in [0, 0.05) is 18.2 Å². The van der Waals surface area contributed by atoms with E-state index in [4.69, 9.17) is 9.72 Å². The van der Waals surface area contributed by atoms with Gasteiger partial charge >= 0.3 is 5.97 Å². The van der Waals surface area contributed by atoms with Crippen LogP contribution >= 0.6 is 0 Å². The largest absolute Gasteiger partial charge is 0.480 e. The maximum atomic E-state index is 12.8. The number of aliphatic carboxylic acids is 1. The Bertz CT molecular complexity index is 836. The molecule has 34 heavy (non-hydrogen) atoms. The van der Waals surface area contributed by atoms with Crippen LogP contribution in [0.25, 0.3) is 0 Å². The highest BCUT2D eigenvalue weighted by atomic mass is 16.5. The van der Waals surface area contributed by atoms with Crippen molar-refractivity contribution < 1.29 is 19.4 Å². The van der Waals surface area contributed by atoms with Crippen LogP contribution in [0.2, 0.25) is 0 Å². The average Bonchev–Trinajstić information content (AvgIpc) is 2.75. The third-order valence-electron chi connectivity index (χ3n) is 6.89. The summed E-state index contributed by atoms with van der Waals surface area (Å²) in [6.45, 7) is 8.96. The molecule has 1 saturated heterocycles. The molecule has 0 unspecified atom stereocenters. The zero-order chi connectivity index (χ0) is 24.8. The molecule has 2 aliphatic rings. The van der Waals surface area contributed by atoms with E-state index in [9.17, 15) is 14.7 Å². The topological polar surface area (TPSA) is 101 Å². The summed E-state index contributed by atoms with van der Waals surface area (Å²) in [4.78, 5) is 29.3. The second-order valence-electron chi connectivity index (χ2n) is 11.3. The Labute approximate surface area is 204 Å². The van der Waals surface area contributed by atoms with Crippen LogP contribution in [0.5, 0.6) is 0 Å². The van der Waals surface area contributed by atoms with Crippen molar-refractivity contribution in [2.45, 2.75) is 116 Å². The molecule has 1 fully saturated rings. The van der Waals surface area contributed by atoms with E-state index >= 15 is 0 Å². The van der Waals surface area contributed by atoms with Gasteiger partial charge in [-0.05, 0) is 84.3 Å². The quantitative estimate of drug-likeness (QED) is 0.396. The van der Waals surface area contributed by atoms with Crippen molar-refractivity contribution in [3.63, 3.8) is 0 Å². The number of carbonyl (C=O) groups excluding carboxylic acids is 1. The Morgan fingerprint density at radius 2 is 1.79 bits per heavy atom. The van der Waals surface area contributed by atoms with E-state index in [0.29, 0.717) is 19.3 Å². The van der Waals surface area contributed by atoms with Gasteiger partial charge in [0.25, 0.3) is 0 Å². The first kappa shape index (κ1) is 26.5. The minimum absolute atomic E-state index is 0.163. The minimum Gasteiger partial charge on any atom is -0.480 e. The lowest BCUT2D eigenvalue weighted by atomic mass is 9.80. The van der Waals surface area contributed by atoms with Crippen molar-refractivity contribution in [3.8, 4) is 0 Å². The van der Waals surface area contributed by atoms with E-state index in [0.717, 1.165) is 63.0 Å². The summed E-state index contributed by atoms with van der Waals surface area (Å²) in [7, 11) is 0. The molecule has 7 nitrogen and oxygen atoms in total. The lowest BCUT2D eigenvalue weighted by Crippen LogP contribution is -2.51. The molecular weight excluding hydrogens is 430 g/mol. The number of aryl methyl sites for hydroxylation is 2. The zero-order valence-corrected chi connectivity index (χ0v) is 21.4. The first-order valence-corrected chi connectivity index (χ1v) is 13.0. The maximum absolute atomic E-state index is 12.8. The SMILES string of the molecule is CC1(C)CC(C(=O)N[C@@H](CCCCCCCc2ccc3c(n2)NCCC3)C(=O)O)CC(C)(C)O1. The van der Waals surface area contributed by atoms with Crippen LogP contribution in [0.15, 0.2) is 12.1 Å². The third kappa shape index (κ3) is 7.97. The number of hydrogen-bond donors (Lipinski definition) is 3. The number of ether oxygens (including phenoxy) is 1. The van der Waals surface area contributed by atoms with E-state index in [-0.39, 0.29) is 11.8 Å². The standard InChI is InChI=1S/C27H43N3O4/c1-26(2)17-20(18-27(3,4)34-26)24(31)30-22(25(32)33)13-9-7-5-6-8-12-21-15-14-19-11-10-16-28-23(19)29-21/h14-15,20,22H,5-13,16-18H2,1-4H3,(H,28,29)(H,30,31)(H,32,33)/t22-/m0/s1. The number of carboxylic acid groups (broad SMARTS) is 1. The second-order valence-corrected chi connectivity index (χ2v) is 11.3. The first-order valence-electron chi connectivity index (χ1n) is 13.0. The van der Waals surface area contributed by atoms with Gasteiger partial charge in [0.2, 0.25) is 5.91 Å². The van der Waals surface area contributed by atoms with Crippen molar-refractivity contribution in [2.24, 2.45) is 5.92 Å². The van der Waals surface area contributed by atoms with Gasteiger partial charge in [-0.1, -0.05) is 31.7 Å². The summed E-state index contributed by atoms with van der Waals surface area (Å²) >= 11 is 0. The number of carboxylic acids is 1. The Morgan fingerprint density at radius 3 is 2.50 bits per heavy atom. The lowest BCUT2D eigenvalue weighted by Gasteiger charge is -2.44. The highest BCUT2D eigenvalue weighted by Crippen LogP contribution is 2.38. The van der Waals surface area contributed by atoms with Crippen molar-refractivity contribution in [3.05, 3.63) is 23.4 Å². The Hall–Kier alpha value is -2.15. The van der Waals surface area contributed by atoms with Crippen LogP contribution < -0.4 is 10.6 Å². The number of amides is 1. The predicted octanol–water partition coefficient (Wildman–Crippen LogP) is 4.88. The van der Waals surface area contributed by atoms with Crippen LogP contribution in [0.3, 0.4) is 0 Å². The fraction of sp³-hybridized carbons (Fsp3) is 0.741. The van der Waals surface area contributed by atoms with Crippen molar-refractivity contribution in [1.82, 2.24) is 10.3 Å². The fourth-order valence-electron chi connectivity index (χ4n) is 5.52. The van der Waals surface area contributed by atoms with Gasteiger partial charge in [-0.3, -0.25) is 4.79 Å². The van der Waals surface area contributed by atoms with Gasteiger partial charge in [0.05, 0.1) is 11.2 Å². The van der Waals surface area contributed by atoms with E-state index in [1.165, 1.54) is 12.0 Å². The van der Waals surface area contributed by atoms with Gasteiger partial charge in [0.15, 0.2) is 0 Å². The highest BCUT2D eigenvalue weighted by molar-refractivity contribution is 5.85. The number of anilines is 1. The number of unbranched alkanes of at least 4 members (excludes halogenated alkanes) is 4. The summed E-state index contributed by atoms with van der Waals surface area (Å²) in [5.74, 6) is -0.290. The molecule has 3 heterocycles. The van der Waals surface area contributed by atoms with Gasteiger partial charge in [-0.25, -0.2) is 9.78 Å². The van der Waals surface area contributed by atoms with E-state index < -0.39 is 23.2 Å². The molecule has 2 aliphatic heterocycles. The lowest BCUT2D eigenvalue weighted by molar-refractivity contribution is -0.178. The Balaban J connectivity index is 1.35. The maximum Gasteiger partial charge on any atom is 0.326 e. The van der Waals surface area contributed by atoms with Crippen molar-refractivity contribution >= 4 is 17.7 Å². The van der Waals surface area contributed by atoms with Gasteiger partial charge in [-0.2, -0.15) is 0 Å². The van der Waals surface area contributed by atoms with E-state index in [1.807, 2.05) is 27.7 Å². The molecule has 3 rings (SSSR count). The summed E-state index contributed by atoms with van der Waals surface area (Å²) < 4.78 is 6.05. The van der Waals surface area contributed by atoms with Crippen LogP contribution in [-0.2, 0) is 27.2 Å². The Morgan fingerprint density at radius 1 is 1.12 bits per heavy atom. The molecule has 0 spiro atoms. The monoisotopic (exact) mass is 473 g/mol. The molecule has 1 aromatic heterocycles. The molecule has 1 amide bonds. The highest BCUT2D eigenvalue weighted by Gasteiger charge is 2.42. The number of nitrogens with one attached hydrogen (secondary N) is 2. The average molecular weight is 474 g/mol. The summed E-state index contributed by atoms with van der Waals surface area (Å²) in [5.41, 5.74) is 1.67. The molecule has 0 aromatic carbocycles. The van der Waals surface area contributed by atoms with E-state index in [2.05, 4.69) is 22.8 Å². The number of nitrogens with zero attached hydrogens (tertiary/aromatic N) is 1. The molecule has 0 bridgehead atoms. The molecule has 1 aromatic rings. The second kappa shape index (κ2) is 11.5. The van der Waals surface area contributed by atoms with Gasteiger partial charge in [-0.15, -0.1) is 0 Å². The molecule has 3 N–H and O–H groups in total.